The van der Waals surface area contributed by atoms with E-state index in [0.717, 1.165) is 48.7 Å². The maximum Gasteiger partial charge on any atom is 0.365 e. The van der Waals surface area contributed by atoms with Gasteiger partial charge in [0.15, 0.2) is 5.70 Å². The number of para-hydroxylation sites is 2. The van der Waals surface area contributed by atoms with E-state index in [0.29, 0.717) is 11.6 Å². The molecule has 1 aromatic heterocycles. The van der Waals surface area contributed by atoms with Gasteiger partial charge in [-0.2, -0.15) is 0 Å². The lowest BCUT2D eigenvalue weighted by atomic mass is 10.2. The van der Waals surface area contributed by atoms with Gasteiger partial charge < -0.3 is 19.5 Å². The molecular weight excluding hydrogens is 354 g/mol. The third kappa shape index (κ3) is 3.11. The lowest BCUT2D eigenvalue weighted by Gasteiger charge is -2.33. The predicted molar refractivity (Wildman–Crippen MR) is 107 cm³/mol. The number of nitrogens with zero attached hydrogens (tertiary/aromatic N) is 4. The lowest BCUT2D eigenvalue weighted by Crippen LogP contribution is -2.44. The number of anilines is 1. The van der Waals surface area contributed by atoms with E-state index in [1.165, 1.54) is 0 Å². The molecule has 5 rings (SSSR count). The van der Waals surface area contributed by atoms with Crippen LogP contribution in [0.4, 0.5) is 5.95 Å². The van der Waals surface area contributed by atoms with Crippen LogP contribution in [-0.4, -0.2) is 52.9 Å². The molecule has 3 aromatic rings. The van der Waals surface area contributed by atoms with Crippen LogP contribution in [0.25, 0.3) is 11.0 Å². The Bertz CT molecular complexity index is 1050. The molecule has 140 valence electrons. The van der Waals surface area contributed by atoms with Crippen molar-refractivity contribution in [1.82, 2.24) is 14.9 Å². The number of benzene rings is 2. The van der Waals surface area contributed by atoms with Gasteiger partial charge in [0.1, 0.15) is 0 Å². The first-order valence-electron chi connectivity index (χ1n) is 9.28. The van der Waals surface area contributed by atoms with Gasteiger partial charge in [0, 0.05) is 37.9 Å². The zero-order valence-electron chi connectivity index (χ0n) is 15.2. The largest absolute Gasteiger partial charge is 0.402 e. The van der Waals surface area contributed by atoms with Crippen LogP contribution in [-0.2, 0) is 9.53 Å². The summed E-state index contributed by atoms with van der Waals surface area (Å²) < 4.78 is 5.32. The number of H-pyrrole nitrogens is 1. The normalized spacial score (nSPS) is 18.6. The van der Waals surface area contributed by atoms with Crippen LogP contribution in [0.1, 0.15) is 5.56 Å². The summed E-state index contributed by atoms with van der Waals surface area (Å²) in [4.78, 5) is 28.9. The minimum Gasteiger partial charge on any atom is -0.402 e. The molecule has 0 atom stereocenters. The quantitative estimate of drug-likeness (QED) is 0.564. The van der Waals surface area contributed by atoms with Gasteiger partial charge >= 0.3 is 5.97 Å². The second kappa shape index (κ2) is 6.84. The number of cyclic esters (lactones) is 1. The molecule has 1 fully saturated rings. The molecule has 0 aliphatic carbocycles. The van der Waals surface area contributed by atoms with Crippen molar-refractivity contribution in [3.8, 4) is 0 Å². The summed E-state index contributed by atoms with van der Waals surface area (Å²) in [6.45, 7) is 3.19. The molecule has 0 radical (unpaired) electrons. The number of fused-ring (bicyclic) bond motifs is 1. The van der Waals surface area contributed by atoms with Gasteiger partial charge in [-0.25, -0.2) is 14.8 Å². The Labute approximate surface area is 162 Å². The third-order valence-corrected chi connectivity index (χ3v) is 4.94. The molecule has 0 saturated carbocycles. The molecule has 7 nitrogen and oxygen atoms in total. The number of imidazole rings is 1. The van der Waals surface area contributed by atoms with Crippen molar-refractivity contribution in [2.75, 3.05) is 31.1 Å². The Morgan fingerprint density at radius 1 is 0.964 bits per heavy atom. The van der Waals surface area contributed by atoms with Crippen LogP contribution in [0.15, 0.2) is 71.5 Å². The van der Waals surface area contributed by atoms with Gasteiger partial charge in [0.25, 0.3) is 0 Å². The van der Waals surface area contributed by atoms with E-state index in [9.17, 15) is 4.79 Å². The fourth-order valence-electron chi connectivity index (χ4n) is 3.43. The van der Waals surface area contributed by atoms with Gasteiger partial charge in [0.05, 0.1) is 11.0 Å². The summed E-state index contributed by atoms with van der Waals surface area (Å²) in [5.74, 6) is 0.842. The maximum atomic E-state index is 12.2. The third-order valence-electron chi connectivity index (χ3n) is 4.94. The Balaban J connectivity index is 1.28. The number of carbonyl (C=O) groups is 1. The molecule has 0 unspecified atom stereocenters. The Morgan fingerprint density at radius 3 is 2.50 bits per heavy atom. The second-order valence-electron chi connectivity index (χ2n) is 6.79. The molecule has 0 amide bonds. The molecule has 3 heterocycles. The average Bonchev–Trinajstić information content (AvgIpc) is 3.33. The molecule has 2 aromatic carbocycles. The van der Waals surface area contributed by atoms with E-state index in [-0.39, 0.29) is 0 Å². The van der Waals surface area contributed by atoms with E-state index in [1.807, 2.05) is 54.6 Å². The maximum absolute atomic E-state index is 12.2. The molecule has 7 heteroatoms. The van der Waals surface area contributed by atoms with E-state index < -0.39 is 5.97 Å². The summed E-state index contributed by atoms with van der Waals surface area (Å²) in [5, 5.41) is 0. The minimum absolute atomic E-state index is 0.344. The number of ether oxygens (including phenoxy) is 1. The molecule has 28 heavy (non-hydrogen) atoms. The molecule has 0 bridgehead atoms. The van der Waals surface area contributed by atoms with Crippen LogP contribution >= 0.6 is 0 Å². The highest BCUT2D eigenvalue weighted by Crippen LogP contribution is 2.20. The van der Waals surface area contributed by atoms with Crippen molar-refractivity contribution in [3.05, 3.63) is 72.1 Å². The highest BCUT2D eigenvalue weighted by Gasteiger charge is 2.26. The first kappa shape index (κ1) is 16.6. The van der Waals surface area contributed by atoms with E-state index in [4.69, 9.17) is 4.74 Å². The monoisotopic (exact) mass is 373 g/mol. The number of nitrogens with one attached hydrogen (secondary N) is 1. The number of hydrogen-bond acceptors (Lipinski definition) is 6. The van der Waals surface area contributed by atoms with Crippen LogP contribution in [0.2, 0.25) is 0 Å². The topological polar surface area (TPSA) is 73.8 Å². The second-order valence-corrected chi connectivity index (χ2v) is 6.79. The Kier molecular flexibility index (Phi) is 4.05. The van der Waals surface area contributed by atoms with Gasteiger partial charge in [-0.1, -0.05) is 30.3 Å². The minimum atomic E-state index is -0.404. The number of piperazine rings is 1. The predicted octanol–water partition coefficient (Wildman–Crippen LogP) is 2.53. The Morgan fingerprint density at radius 2 is 1.71 bits per heavy atom. The molecular formula is C21H19N5O2. The van der Waals surface area contributed by atoms with Crippen molar-refractivity contribution in [1.29, 1.82) is 0 Å². The van der Waals surface area contributed by atoms with Crippen molar-refractivity contribution < 1.29 is 9.53 Å². The van der Waals surface area contributed by atoms with Crippen LogP contribution in [0, 0.1) is 0 Å². The van der Waals surface area contributed by atoms with E-state index in [2.05, 4.69) is 24.8 Å². The number of aromatic nitrogens is 2. The highest BCUT2D eigenvalue weighted by molar-refractivity contribution is 6.11. The smallest absolute Gasteiger partial charge is 0.365 e. The summed E-state index contributed by atoms with van der Waals surface area (Å²) in [5.41, 5.74) is 3.15. The number of rotatable bonds is 3. The number of aromatic amines is 1. The van der Waals surface area contributed by atoms with Gasteiger partial charge in [-0.3, -0.25) is 0 Å². The van der Waals surface area contributed by atoms with Crippen molar-refractivity contribution >= 4 is 28.8 Å². The SMILES string of the molecule is O=C1OC(c2ccccc2)=NC1=CN1CCN(c2nc3ccccc3[nH]2)CC1. The van der Waals surface area contributed by atoms with Crippen molar-refractivity contribution in [2.45, 2.75) is 0 Å². The number of esters is 1. The fraction of sp³-hybridized carbons (Fsp3) is 0.190. The van der Waals surface area contributed by atoms with Crippen molar-refractivity contribution in [3.63, 3.8) is 0 Å². The molecule has 1 saturated heterocycles. The first-order chi connectivity index (χ1) is 13.8. The van der Waals surface area contributed by atoms with Crippen LogP contribution in [0.5, 0.6) is 0 Å². The van der Waals surface area contributed by atoms with Gasteiger partial charge in [0.2, 0.25) is 11.8 Å². The molecule has 0 spiro atoms. The summed E-state index contributed by atoms with van der Waals surface area (Å²) in [7, 11) is 0. The molecule has 2 aliphatic heterocycles. The first-order valence-corrected chi connectivity index (χ1v) is 9.28. The number of aliphatic imine (C=N–C) groups is 1. The summed E-state index contributed by atoms with van der Waals surface area (Å²) in [6, 6.07) is 17.5. The van der Waals surface area contributed by atoms with Gasteiger partial charge in [-0.15, -0.1) is 0 Å². The zero-order valence-corrected chi connectivity index (χ0v) is 15.2. The number of hydrogen-bond donors (Lipinski definition) is 1. The standard InChI is InChI=1S/C21H19N5O2/c27-20-18(22-19(28-20)15-6-2-1-3-7-15)14-25-10-12-26(13-11-25)21-23-16-8-4-5-9-17(16)24-21/h1-9,14H,10-13H2,(H,23,24). The van der Waals surface area contributed by atoms with E-state index >= 15 is 0 Å². The highest BCUT2D eigenvalue weighted by atomic mass is 16.6. The lowest BCUT2D eigenvalue weighted by molar-refractivity contribution is -0.130. The molecule has 1 N–H and O–H groups in total. The number of carbonyl (C=O) groups excluding carboxylic acids is 1. The fourth-order valence-corrected chi connectivity index (χ4v) is 3.43. The van der Waals surface area contributed by atoms with E-state index in [1.54, 1.807) is 6.20 Å². The summed E-state index contributed by atoms with van der Waals surface area (Å²) in [6.07, 6.45) is 1.80. The zero-order chi connectivity index (χ0) is 18.9. The van der Waals surface area contributed by atoms with Crippen LogP contribution in [0.3, 0.4) is 0 Å². The average molecular weight is 373 g/mol. The summed E-state index contributed by atoms with van der Waals surface area (Å²) >= 11 is 0. The van der Waals surface area contributed by atoms with Crippen LogP contribution < -0.4 is 4.90 Å². The Hall–Kier alpha value is -3.61. The molecule has 2 aliphatic rings. The van der Waals surface area contributed by atoms with Crippen molar-refractivity contribution in [2.24, 2.45) is 4.99 Å². The van der Waals surface area contributed by atoms with Gasteiger partial charge in [-0.05, 0) is 24.3 Å².